The number of hydrogen-bond donors (Lipinski definition) is 1. The fourth-order valence-corrected chi connectivity index (χ4v) is 4.46. The first-order valence-electron chi connectivity index (χ1n) is 8.16. The van der Waals surface area contributed by atoms with Crippen molar-refractivity contribution in [1.29, 1.82) is 0 Å². The van der Waals surface area contributed by atoms with Crippen molar-refractivity contribution in [3.05, 3.63) is 24.3 Å². The van der Waals surface area contributed by atoms with E-state index in [0.717, 1.165) is 11.3 Å². The minimum absolute atomic E-state index is 0.111. The van der Waals surface area contributed by atoms with Crippen molar-refractivity contribution in [3.63, 3.8) is 0 Å². The molecular formula is C16H25N3O3S2. The highest BCUT2D eigenvalue weighted by atomic mass is 32.2. The summed E-state index contributed by atoms with van der Waals surface area (Å²) in [6, 6.07) is 6.83. The van der Waals surface area contributed by atoms with Gasteiger partial charge in [0.25, 0.3) is 0 Å². The van der Waals surface area contributed by atoms with Crippen LogP contribution in [0.1, 0.15) is 19.8 Å². The number of benzene rings is 1. The number of nitrogens with zero attached hydrogens (tertiary/aromatic N) is 2. The highest BCUT2D eigenvalue weighted by Crippen LogP contribution is 2.21. The minimum atomic E-state index is -3.51. The molecule has 0 saturated carbocycles. The predicted octanol–water partition coefficient (Wildman–Crippen LogP) is 2.22. The Morgan fingerprint density at radius 2 is 1.88 bits per heavy atom. The van der Waals surface area contributed by atoms with Gasteiger partial charge in [0.15, 0.2) is 0 Å². The predicted molar refractivity (Wildman–Crippen MR) is 96.9 cm³/mol. The fraction of sp³-hybridized carbons (Fsp3) is 0.562. The largest absolute Gasteiger partial charge is 0.338 e. The molecule has 1 saturated heterocycles. The Labute approximate surface area is 148 Å². The van der Waals surface area contributed by atoms with E-state index in [-0.39, 0.29) is 6.03 Å². The van der Waals surface area contributed by atoms with Crippen LogP contribution >= 0.6 is 11.8 Å². The molecule has 0 aromatic heterocycles. The van der Waals surface area contributed by atoms with Crippen molar-refractivity contribution < 1.29 is 13.2 Å². The third-order valence-electron chi connectivity index (χ3n) is 3.97. The zero-order valence-corrected chi connectivity index (χ0v) is 15.8. The summed E-state index contributed by atoms with van der Waals surface area (Å²) in [5.74, 6) is 0. The van der Waals surface area contributed by atoms with E-state index in [0.29, 0.717) is 44.0 Å². The van der Waals surface area contributed by atoms with Gasteiger partial charge < -0.3 is 10.2 Å². The summed E-state index contributed by atoms with van der Waals surface area (Å²) in [5.41, 5.74) is 0. The van der Waals surface area contributed by atoms with Gasteiger partial charge in [-0.15, -0.1) is 11.8 Å². The zero-order chi connectivity index (χ0) is 17.6. The van der Waals surface area contributed by atoms with Crippen LogP contribution in [-0.4, -0.2) is 62.6 Å². The van der Waals surface area contributed by atoms with Crippen LogP contribution in [0.25, 0.3) is 0 Å². The lowest BCUT2D eigenvalue weighted by Gasteiger charge is -2.22. The Balaban J connectivity index is 2.05. The highest BCUT2D eigenvalue weighted by molar-refractivity contribution is 7.98. The molecule has 6 nitrogen and oxygen atoms in total. The number of urea groups is 1. The van der Waals surface area contributed by atoms with Gasteiger partial charge in [0, 0.05) is 37.6 Å². The molecule has 2 rings (SSSR count). The fourth-order valence-electron chi connectivity index (χ4n) is 2.58. The summed E-state index contributed by atoms with van der Waals surface area (Å²) in [4.78, 5) is 15.1. The van der Waals surface area contributed by atoms with Crippen LogP contribution in [0.3, 0.4) is 0 Å². The van der Waals surface area contributed by atoms with E-state index >= 15 is 0 Å². The molecule has 24 heavy (non-hydrogen) atoms. The summed E-state index contributed by atoms with van der Waals surface area (Å²) in [5, 5.41) is 2.84. The molecule has 8 heteroatoms. The molecule has 0 bridgehead atoms. The van der Waals surface area contributed by atoms with E-state index < -0.39 is 10.0 Å². The minimum Gasteiger partial charge on any atom is -0.338 e. The van der Waals surface area contributed by atoms with Crippen LogP contribution in [0.4, 0.5) is 4.79 Å². The van der Waals surface area contributed by atoms with Crippen LogP contribution < -0.4 is 5.32 Å². The second-order valence-corrected chi connectivity index (χ2v) is 8.47. The number of hydrogen-bond acceptors (Lipinski definition) is 4. The molecule has 1 aliphatic heterocycles. The Kier molecular flexibility index (Phi) is 6.94. The number of rotatable bonds is 5. The van der Waals surface area contributed by atoms with Crippen molar-refractivity contribution in [2.75, 3.05) is 39.0 Å². The molecule has 1 heterocycles. The summed E-state index contributed by atoms with van der Waals surface area (Å²) >= 11 is 1.58. The van der Waals surface area contributed by atoms with Gasteiger partial charge >= 0.3 is 6.03 Å². The maximum atomic E-state index is 12.8. The van der Waals surface area contributed by atoms with Crippen LogP contribution in [-0.2, 0) is 10.0 Å². The number of thioether (sulfide) groups is 1. The molecule has 134 valence electrons. The van der Waals surface area contributed by atoms with E-state index in [9.17, 15) is 13.2 Å². The lowest BCUT2D eigenvalue weighted by atomic mass is 10.4. The van der Waals surface area contributed by atoms with Crippen LogP contribution in [0.2, 0.25) is 0 Å². The number of sulfonamides is 1. The molecule has 0 atom stereocenters. The normalized spacial score (nSPS) is 16.7. The first kappa shape index (κ1) is 19.1. The Morgan fingerprint density at radius 1 is 1.17 bits per heavy atom. The molecule has 1 fully saturated rings. The Bertz CT molecular complexity index is 647. The lowest BCUT2D eigenvalue weighted by molar-refractivity contribution is 0.200. The number of carbonyl (C=O) groups is 1. The first-order chi connectivity index (χ1) is 11.5. The molecule has 0 aliphatic carbocycles. The summed E-state index contributed by atoms with van der Waals surface area (Å²) < 4.78 is 27.1. The van der Waals surface area contributed by atoms with Gasteiger partial charge in [-0.2, -0.15) is 4.31 Å². The van der Waals surface area contributed by atoms with Crippen LogP contribution in [0.15, 0.2) is 34.1 Å². The van der Waals surface area contributed by atoms with Gasteiger partial charge in [0.05, 0.1) is 4.90 Å². The molecule has 1 N–H and O–H groups in total. The van der Waals surface area contributed by atoms with Gasteiger partial charge in [0.2, 0.25) is 10.0 Å². The maximum absolute atomic E-state index is 12.8. The quantitative estimate of drug-likeness (QED) is 0.806. The third kappa shape index (κ3) is 4.64. The number of nitrogens with one attached hydrogen (secondary N) is 1. The number of amides is 2. The summed E-state index contributed by atoms with van der Waals surface area (Å²) in [6.45, 7) is 4.39. The highest BCUT2D eigenvalue weighted by Gasteiger charge is 2.28. The van der Waals surface area contributed by atoms with Gasteiger partial charge in [0.1, 0.15) is 0 Å². The van der Waals surface area contributed by atoms with E-state index in [1.54, 1.807) is 28.8 Å². The third-order valence-corrected chi connectivity index (χ3v) is 6.62. The van der Waals surface area contributed by atoms with E-state index in [1.807, 2.05) is 25.3 Å². The van der Waals surface area contributed by atoms with Crippen molar-refractivity contribution in [3.8, 4) is 0 Å². The molecule has 0 unspecified atom stereocenters. The zero-order valence-electron chi connectivity index (χ0n) is 14.2. The first-order valence-corrected chi connectivity index (χ1v) is 10.8. The number of carbonyl (C=O) groups excluding carboxylic acids is 1. The second kappa shape index (κ2) is 8.73. The smallest absolute Gasteiger partial charge is 0.317 e. The van der Waals surface area contributed by atoms with Crippen molar-refractivity contribution >= 4 is 27.8 Å². The van der Waals surface area contributed by atoms with Crippen molar-refractivity contribution in [2.45, 2.75) is 29.6 Å². The van der Waals surface area contributed by atoms with Crippen LogP contribution in [0, 0.1) is 0 Å². The molecule has 1 aromatic rings. The van der Waals surface area contributed by atoms with E-state index in [4.69, 9.17) is 0 Å². The Hall–Kier alpha value is -1.25. The summed E-state index contributed by atoms with van der Waals surface area (Å²) in [6.07, 6.45) is 3.48. The molecule has 0 radical (unpaired) electrons. The SMILES string of the molecule is CCCNC(=O)N1CCCN(S(=O)(=O)c2ccc(SC)cc2)CC1. The maximum Gasteiger partial charge on any atom is 0.317 e. The van der Waals surface area contributed by atoms with Gasteiger partial charge in [-0.05, 0) is 43.4 Å². The van der Waals surface area contributed by atoms with Gasteiger partial charge in [-0.3, -0.25) is 0 Å². The average Bonchev–Trinajstić information content (AvgIpc) is 2.86. The standard InChI is InChI=1S/C16H25N3O3S2/c1-3-9-17-16(20)18-10-4-11-19(13-12-18)24(21,22)15-7-5-14(23-2)6-8-15/h5-8H,3-4,9-13H2,1-2H3,(H,17,20). The van der Waals surface area contributed by atoms with E-state index in [2.05, 4.69) is 5.32 Å². The molecule has 1 aliphatic rings. The van der Waals surface area contributed by atoms with Crippen LogP contribution in [0.5, 0.6) is 0 Å². The molecular weight excluding hydrogens is 346 g/mol. The Morgan fingerprint density at radius 3 is 2.50 bits per heavy atom. The topological polar surface area (TPSA) is 69.7 Å². The van der Waals surface area contributed by atoms with Crippen molar-refractivity contribution in [1.82, 2.24) is 14.5 Å². The van der Waals surface area contributed by atoms with E-state index in [1.165, 1.54) is 4.31 Å². The van der Waals surface area contributed by atoms with Gasteiger partial charge in [-0.1, -0.05) is 6.92 Å². The lowest BCUT2D eigenvalue weighted by Crippen LogP contribution is -2.42. The molecule has 0 spiro atoms. The second-order valence-electron chi connectivity index (χ2n) is 5.65. The van der Waals surface area contributed by atoms with Gasteiger partial charge in [-0.25, -0.2) is 13.2 Å². The summed E-state index contributed by atoms with van der Waals surface area (Å²) in [7, 11) is -3.51. The molecule has 1 aromatic carbocycles. The van der Waals surface area contributed by atoms with Crippen molar-refractivity contribution in [2.24, 2.45) is 0 Å². The molecule has 2 amide bonds. The monoisotopic (exact) mass is 371 g/mol. The average molecular weight is 372 g/mol.